The first-order chi connectivity index (χ1) is 4.12. The van der Waals surface area contributed by atoms with Crippen molar-refractivity contribution in [1.82, 2.24) is 0 Å². The first-order valence-electron chi connectivity index (χ1n) is 2.54. The van der Waals surface area contributed by atoms with Gasteiger partial charge in [-0.25, -0.2) is 8.42 Å². The van der Waals surface area contributed by atoms with Crippen molar-refractivity contribution in [2.75, 3.05) is 11.5 Å². The smallest absolute Gasteiger partial charge is 0.157 e. The van der Waals surface area contributed by atoms with Gasteiger partial charge in [0.15, 0.2) is 9.84 Å². The molecule has 0 fully saturated rings. The van der Waals surface area contributed by atoms with Gasteiger partial charge in [-0.15, -0.1) is 13.2 Å². The Morgan fingerprint density at radius 1 is 1.10 bits per heavy atom. The molecule has 0 aliphatic carbocycles. The van der Waals surface area contributed by atoms with Crippen molar-refractivity contribution in [2.24, 2.45) is 0 Å². The lowest BCUT2D eigenvalue weighted by atomic mass is 10.8. The average Bonchev–Trinajstić information content (AvgIpc) is 1.64. The van der Waals surface area contributed by atoms with Crippen LogP contribution in [0.5, 0.6) is 0 Å². The van der Waals surface area contributed by atoms with E-state index in [9.17, 15) is 8.42 Å². The van der Waals surface area contributed by atoms with Gasteiger partial charge in [-0.05, 0) is 0 Å². The molecule has 0 saturated carbocycles. The second kappa shape index (κ2) is 5.23. The number of rotatable bonds is 4. The molecule has 0 bridgehead atoms. The predicted octanol–water partition coefficient (Wildman–Crippen LogP) is 1.41. The molecule has 3 heteroatoms. The number of hydrogen-bond acceptors (Lipinski definition) is 2. The van der Waals surface area contributed by atoms with Gasteiger partial charge in [0.05, 0.1) is 11.5 Å². The van der Waals surface area contributed by atoms with E-state index in [1.807, 2.05) is 0 Å². The second-order valence-electron chi connectivity index (χ2n) is 1.65. The summed E-state index contributed by atoms with van der Waals surface area (Å²) in [5, 5.41) is 0. The second-order valence-corrected chi connectivity index (χ2v) is 3.81. The summed E-state index contributed by atoms with van der Waals surface area (Å²) in [7, 11) is -2.92. The van der Waals surface area contributed by atoms with Gasteiger partial charge in [-0.3, -0.25) is 0 Å². The summed E-state index contributed by atoms with van der Waals surface area (Å²) in [6.07, 6.45) is 2.75. The van der Waals surface area contributed by atoms with Gasteiger partial charge in [0, 0.05) is 0 Å². The molecule has 0 aliphatic rings. The van der Waals surface area contributed by atoms with Gasteiger partial charge in [-0.2, -0.15) is 0 Å². The molecule has 0 unspecified atom stereocenters. The highest BCUT2D eigenvalue weighted by Crippen LogP contribution is 1.89. The molecule has 0 aromatic carbocycles. The molecule has 0 aromatic heterocycles. The molecule has 0 aliphatic heterocycles. The summed E-state index contributed by atoms with van der Waals surface area (Å²) in [6.45, 7) is 6.63. The lowest BCUT2D eigenvalue weighted by Crippen LogP contribution is -2.06. The van der Waals surface area contributed by atoms with Crippen molar-refractivity contribution in [3.63, 3.8) is 0 Å². The monoisotopic (exact) mass is 162 g/mol. The van der Waals surface area contributed by atoms with Crippen LogP contribution in [0.2, 0.25) is 0 Å². The van der Waals surface area contributed by atoms with Gasteiger partial charge in [0.2, 0.25) is 0 Å². The molecular formula is C7H14O2S. The highest BCUT2D eigenvalue weighted by Gasteiger charge is 2.02. The van der Waals surface area contributed by atoms with Crippen LogP contribution in [-0.4, -0.2) is 19.9 Å². The van der Waals surface area contributed by atoms with Crippen LogP contribution in [-0.2, 0) is 9.84 Å². The molecular weight excluding hydrogens is 148 g/mol. The van der Waals surface area contributed by atoms with Gasteiger partial charge >= 0.3 is 0 Å². The largest absolute Gasteiger partial charge is 0.228 e. The van der Waals surface area contributed by atoms with Gasteiger partial charge in [-0.1, -0.05) is 19.6 Å². The molecule has 10 heavy (non-hydrogen) atoms. The minimum atomic E-state index is -2.92. The van der Waals surface area contributed by atoms with Crippen LogP contribution in [0.4, 0.5) is 0 Å². The summed E-state index contributed by atoms with van der Waals surface area (Å²) in [5.41, 5.74) is 0. The third-order valence-electron chi connectivity index (χ3n) is 0.744. The van der Waals surface area contributed by atoms with Crippen molar-refractivity contribution in [3.05, 3.63) is 25.3 Å². The van der Waals surface area contributed by atoms with E-state index in [1.54, 1.807) is 0 Å². The Kier molecular flexibility index (Phi) is 6.35. The fraction of sp³-hybridized carbons (Fsp3) is 0.429. The highest BCUT2D eigenvalue weighted by atomic mass is 32.2. The highest BCUT2D eigenvalue weighted by molar-refractivity contribution is 7.91. The SMILES string of the molecule is C.C=CCS(=O)(=O)CC=C. The Morgan fingerprint density at radius 2 is 1.40 bits per heavy atom. The fourth-order valence-electron chi connectivity index (χ4n) is 0.427. The first-order valence-corrected chi connectivity index (χ1v) is 4.37. The maximum absolute atomic E-state index is 10.7. The molecule has 0 saturated heterocycles. The van der Waals surface area contributed by atoms with E-state index in [1.165, 1.54) is 12.2 Å². The Bertz CT molecular complexity index is 174. The van der Waals surface area contributed by atoms with Crippen molar-refractivity contribution in [3.8, 4) is 0 Å². The molecule has 0 radical (unpaired) electrons. The van der Waals surface area contributed by atoms with Crippen LogP contribution >= 0.6 is 0 Å². The normalized spacial score (nSPS) is 9.60. The van der Waals surface area contributed by atoms with E-state index in [-0.39, 0.29) is 18.9 Å². The van der Waals surface area contributed by atoms with E-state index >= 15 is 0 Å². The number of sulfone groups is 1. The number of hydrogen-bond donors (Lipinski definition) is 0. The lowest BCUT2D eigenvalue weighted by molar-refractivity contribution is 0.602. The Hall–Kier alpha value is -0.570. The molecule has 60 valence electrons. The van der Waals surface area contributed by atoms with Crippen LogP contribution < -0.4 is 0 Å². The molecule has 2 nitrogen and oxygen atoms in total. The molecule has 0 aromatic rings. The standard InChI is InChI=1S/C6H10O2S.CH4/c1-3-5-9(7,8)6-4-2;/h3-4H,1-2,5-6H2;1H4. The maximum atomic E-state index is 10.7. The molecule has 0 amide bonds. The van der Waals surface area contributed by atoms with Gasteiger partial charge in [0.25, 0.3) is 0 Å². The van der Waals surface area contributed by atoms with E-state index in [2.05, 4.69) is 13.2 Å². The summed E-state index contributed by atoms with van der Waals surface area (Å²) in [4.78, 5) is 0. The lowest BCUT2D eigenvalue weighted by Gasteiger charge is -1.92. The average molecular weight is 162 g/mol. The van der Waals surface area contributed by atoms with Crippen LogP contribution in [0.15, 0.2) is 25.3 Å². The summed E-state index contributed by atoms with van der Waals surface area (Å²) >= 11 is 0. The van der Waals surface area contributed by atoms with Crippen molar-refractivity contribution >= 4 is 9.84 Å². The molecule has 0 spiro atoms. The van der Waals surface area contributed by atoms with Crippen molar-refractivity contribution in [2.45, 2.75) is 7.43 Å². The van der Waals surface area contributed by atoms with Gasteiger partial charge in [0.1, 0.15) is 0 Å². The zero-order valence-corrected chi connectivity index (χ0v) is 6.02. The van der Waals surface area contributed by atoms with Crippen LogP contribution in [0, 0.1) is 0 Å². The third-order valence-corrected chi connectivity index (χ3v) is 2.23. The molecule has 0 N–H and O–H groups in total. The zero-order valence-electron chi connectivity index (χ0n) is 5.21. The van der Waals surface area contributed by atoms with E-state index in [0.29, 0.717) is 0 Å². The van der Waals surface area contributed by atoms with Gasteiger partial charge < -0.3 is 0 Å². The zero-order chi connectivity index (χ0) is 7.33. The first kappa shape index (κ1) is 12.1. The van der Waals surface area contributed by atoms with E-state index < -0.39 is 9.84 Å². The topological polar surface area (TPSA) is 34.1 Å². The van der Waals surface area contributed by atoms with Crippen LogP contribution in [0.3, 0.4) is 0 Å². The Morgan fingerprint density at radius 3 is 1.60 bits per heavy atom. The fourth-order valence-corrected chi connectivity index (χ4v) is 1.28. The quantitative estimate of drug-likeness (QED) is 0.586. The summed E-state index contributed by atoms with van der Waals surface area (Å²) in [5.74, 6) is 0.0814. The molecule has 0 heterocycles. The van der Waals surface area contributed by atoms with E-state index in [0.717, 1.165) is 0 Å². The molecule has 0 atom stereocenters. The predicted molar refractivity (Wildman–Crippen MR) is 45.8 cm³/mol. The Balaban J connectivity index is 0. The maximum Gasteiger partial charge on any atom is 0.157 e. The van der Waals surface area contributed by atoms with Crippen molar-refractivity contribution < 1.29 is 8.42 Å². The van der Waals surface area contributed by atoms with Crippen LogP contribution in [0.1, 0.15) is 7.43 Å². The summed E-state index contributed by atoms with van der Waals surface area (Å²) in [6, 6.07) is 0. The minimum absolute atomic E-state index is 0. The minimum Gasteiger partial charge on any atom is -0.228 e. The van der Waals surface area contributed by atoms with Crippen molar-refractivity contribution in [1.29, 1.82) is 0 Å². The van der Waals surface area contributed by atoms with E-state index in [4.69, 9.17) is 0 Å². The Labute approximate surface area is 63.2 Å². The molecule has 0 rings (SSSR count). The summed E-state index contributed by atoms with van der Waals surface area (Å²) < 4.78 is 21.4. The third kappa shape index (κ3) is 5.56. The van der Waals surface area contributed by atoms with Crippen LogP contribution in [0.25, 0.3) is 0 Å².